The van der Waals surface area contributed by atoms with E-state index >= 15 is 0 Å². The molecule has 1 fully saturated rings. The van der Waals surface area contributed by atoms with Crippen molar-refractivity contribution >= 4 is 23.1 Å². The third-order valence-electron chi connectivity index (χ3n) is 3.64. The summed E-state index contributed by atoms with van der Waals surface area (Å²) >= 11 is 5.04. The van der Waals surface area contributed by atoms with E-state index in [9.17, 15) is 4.79 Å². The molecular weight excluding hydrogens is 256 g/mol. The van der Waals surface area contributed by atoms with E-state index in [1.807, 2.05) is 30.3 Å². The van der Waals surface area contributed by atoms with Gasteiger partial charge in [-0.05, 0) is 37.7 Å². The first-order valence-electron chi connectivity index (χ1n) is 6.71. The third-order valence-corrected chi connectivity index (χ3v) is 3.93. The van der Waals surface area contributed by atoms with E-state index in [1.165, 1.54) is 12.8 Å². The highest BCUT2D eigenvalue weighted by molar-refractivity contribution is 7.80. The third kappa shape index (κ3) is 4.03. The molecule has 2 unspecified atom stereocenters. The zero-order chi connectivity index (χ0) is 13.8. The maximum absolute atomic E-state index is 12.3. The number of nitrogens with two attached hydrogens (primary N) is 1. The van der Waals surface area contributed by atoms with E-state index in [0.717, 1.165) is 5.56 Å². The molecule has 2 rings (SSSR count). The summed E-state index contributed by atoms with van der Waals surface area (Å²) in [6, 6.07) is 10.1. The Labute approximate surface area is 119 Å². The van der Waals surface area contributed by atoms with E-state index < -0.39 is 5.92 Å². The summed E-state index contributed by atoms with van der Waals surface area (Å²) in [5, 5.41) is 3.04. The quantitative estimate of drug-likeness (QED) is 0.782. The molecule has 3 N–H and O–H groups in total. The summed E-state index contributed by atoms with van der Waals surface area (Å²) in [6.07, 6.45) is 2.98. The Kier molecular flexibility index (Phi) is 4.53. The van der Waals surface area contributed by atoms with Gasteiger partial charge in [0.2, 0.25) is 5.91 Å². The second-order valence-electron chi connectivity index (χ2n) is 5.28. The molecule has 102 valence electrons. The summed E-state index contributed by atoms with van der Waals surface area (Å²) in [5.74, 6) is 0.169. The highest BCUT2D eigenvalue weighted by Gasteiger charge is 2.31. The number of thiocarbonyl (C=S) groups is 1. The second-order valence-corrected chi connectivity index (χ2v) is 5.75. The standard InChI is InChI=1S/C15H20N2OS/c1-10(12-7-8-12)17-15(18)13(14(16)19)9-11-5-3-2-4-6-11/h2-6,10,12-13H,7-9H2,1H3,(H2,16,19)(H,17,18). The summed E-state index contributed by atoms with van der Waals surface area (Å²) in [7, 11) is 0. The highest BCUT2D eigenvalue weighted by atomic mass is 32.1. The van der Waals surface area contributed by atoms with Crippen LogP contribution < -0.4 is 11.1 Å². The number of rotatable bonds is 6. The van der Waals surface area contributed by atoms with Gasteiger partial charge in [0.05, 0.1) is 10.9 Å². The summed E-state index contributed by atoms with van der Waals surface area (Å²) in [4.78, 5) is 12.5. The largest absolute Gasteiger partial charge is 0.393 e. The molecule has 4 heteroatoms. The molecule has 0 radical (unpaired) electrons. The van der Waals surface area contributed by atoms with Crippen molar-refractivity contribution in [3.8, 4) is 0 Å². The Hall–Kier alpha value is -1.42. The predicted octanol–water partition coefficient (Wildman–Crippen LogP) is 2.05. The molecule has 0 heterocycles. The van der Waals surface area contributed by atoms with Crippen LogP contribution in [0.3, 0.4) is 0 Å². The number of hydrogen-bond donors (Lipinski definition) is 2. The van der Waals surface area contributed by atoms with Crippen LogP contribution in [0.15, 0.2) is 30.3 Å². The molecule has 1 aliphatic rings. The van der Waals surface area contributed by atoms with E-state index in [-0.39, 0.29) is 16.9 Å². The van der Waals surface area contributed by atoms with E-state index in [4.69, 9.17) is 18.0 Å². The molecule has 19 heavy (non-hydrogen) atoms. The van der Waals surface area contributed by atoms with Gasteiger partial charge in [0.25, 0.3) is 0 Å². The lowest BCUT2D eigenvalue weighted by Gasteiger charge is -2.19. The topological polar surface area (TPSA) is 55.1 Å². The lowest BCUT2D eigenvalue weighted by molar-refractivity contribution is -0.123. The fourth-order valence-corrected chi connectivity index (χ4v) is 2.40. The Morgan fingerprint density at radius 1 is 1.42 bits per heavy atom. The molecule has 0 aromatic heterocycles. The van der Waals surface area contributed by atoms with Crippen LogP contribution in [0.2, 0.25) is 0 Å². The van der Waals surface area contributed by atoms with Crippen LogP contribution in [0, 0.1) is 11.8 Å². The van der Waals surface area contributed by atoms with Crippen molar-refractivity contribution in [3.05, 3.63) is 35.9 Å². The van der Waals surface area contributed by atoms with Crippen molar-refractivity contribution in [1.29, 1.82) is 0 Å². The number of benzene rings is 1. The average Bonchev–Trinajstić information content (AvgIpc) is 3.20. The van der Waals surface area contributed by atoms with Gasteiger partial charge in [0.15, 0.2) is 0 Å². The van der Waals surface area contributed by atoms with Crippen LogP contribution in [-0.4, -0.2) is 16.9 Å². The lowest BCUT2D eigenvalue weighted by Crippen LogP contribution is -2.43. The molecule has 1 aliphatic carbocycles. The molecule has 0 bridgehead atoms. The number of carbonyl (C=O) groups is 1. The van der Waals surface area contributed by atoms with E-state index in [2.05, 4.69) is 12.2 Å². The molecule has 0 aliphatic heterocycles. The van der Waals surface area contributed by atoms with Gasteiger partial charge in [0.1, 0.15) is 0 Å². The van der Waals surface area contributed by atoms with E-state index in [1.54, 1.807) is 0 Å². The van der Waals surface area contributed by atoms with Crippen LogP contribution in [0.1, 0.15) is 25.3 Å². The number of hydrogen-bond acceptors (Lipinski definition) is 2. The van der Waals surface area contributed by atoms with Crippen molar-refractivity contribution < 1.29 is 4.79 Å². The lowest BCUT2D eigenvalue weighted by atomic mass is 9.98. The minimum absolute atomic E-state index is 0.0456. The minimum atomic E-state index is -0.418. The van der Waals surface area contributed by atoms with Crippen molar-refractivity contribution in [2.24, 2.45) is 17.6 Å². The highest BCUT2D eigenvalue weighted by Crippen LogP contribution is 2.32. The minimum Gasteiger partial charge on any atom is -0.393 e. The fraction of sp³-hybridized carbons (Fsp3) is 0.467. The maximum Gasteiger partial charge on any atom is 0.230 e. The summed E-state index contributed by atoms with van der Waals surface area (Å²) in [6.45, 7) is 2.05. The molecule has 1 aromatic carbocycles. The Morgan fingerprint density at radius 3 is 2.58 bits per heavy atom. The fourth-order valence-electron chi connectivity index (χ4n) is 2.21. The van der Waals surface area contributed by atoms with E-state index in [0.29, 0.717) is 12.3 Å². The Morgan fingerprint density at radius 2 is 2.05 bits per heavy atom. The van der Waals surface area contributed by atoms with Gasteiger partial charge in [-0.15, -0.1) is 0 Å². The molecule has 0 spiro atoms. The molecule has 1 saturated carbocycles. The number of carbonyl (C=O) groups excluding carboxylic acids is 1. The Balaban J connectivity index is 1.98. The van der Waals surface area contributed by atoms with Gasteiger partial charge >= 0.3 is 0 Å². The number of nitrogens with one attached hydrogen (secondary N) is 1. The predicted molar refractivity (Wildman–Crippen MR) is 80.8 cm³/mol. The van der Waals surface area contributed by atoms with Crippen LogP contribution in [0.25, 0.3) is 0 Å². The number of amides is 1. The first kappa shape index (κ1) is 14.0. The Bertz CT molecular complexity index is 456. The van der Waals surface area contributed by atoms with Gasteiger partial charge in [-0.2, -0.15) is 0 Å². The molecule has 1 aromatic rings. The smallest absolute Gasteiger partial charge is 0.230 e. The van der Waals surface area contributed by atoms with Gasteiger partial charge in [-0.1, -0.05) is 42.5 Å². The molecule has 3 nitrogen and oxygen atoms in total. The zero-order valence-electron chi connectivity index (χ0n) is 11.1. The molecule has 2 atom stereocenters. The van der Waals surface area contributed by atoms with Crippen LogP contribution >= 0.6 is 12.2 Å². The van der Waals surface area contributed by atoms with Crippen molar-refractivity contribution in [2.45, 2.75) is 32.2 Å². The summed E-state index contributed by atoms with van der Waals surface area (Å²) in [5.41, 5.74) is 6.80. The van der Waals surface area contributed by atoms with Gasteiger partial charge in [-0.25, -0.2) is 0 Å². The normalized spacial score (nSPS) is 17.5. The van der Waals surface area contributed by atoms with Crippen LogP contribution in [-0.2, 0) is 11.2 Å². The molecule has 1 amide bonds. The SMILES string of the molecule is CC(NC(=O)C(Cc1ccccc1)C(N)=S)C1CC1. The van der Waals surface area contributed by atoms with Crippen molar-refractivity contribution in [1.82, 2.24) is 5.32 Å². The maximum atomic E-state index is 12.3. The van der Waals surface area contributed by atoms with Crippen molar-refractivity contribution in [3.63, 3.8) is 0 Å². The van der Waals surface area contributed by atoms with Crippen LogP contribution in [0.4, 0.5) is 0 Å². The van der Waals surface area contributed by atoms with Gasteiger partial charge < -0.3 is 11.1 Å². The molecular formula is C15H20N2OS. The molecule has 0 saturated heterocycles. The van der Waals surface area contributed by atoms with Crippen molar-refractivity contribution in [2.75, 3.05) is 0 Å². The van der Waals surface area contributed by atoms with Gasteiger partial charge in [0, 0.05) is 6.04 Å². The average molecular weight is 276 g/mol. The first-order chi connectivity index (χ1) is 9.08. The zero-order valence-corrected chi connectivity index (χ0v) is 12.0. The second kappa shape index (κ2) is 6.15. The monoisotopic (exact) mass is 276 g/mol. The first-order valence-corrected chi connectivity index (χ1v) is 7.12. The van der Waals surface area contributed by atoms with Gasteiger partial charge in [-0.3, -0.25) is 4.79 Å². The van der Waals surface area contributed by atoms with Crippen LogP contribution in [0.5, 0.6) is 0 Å². The summed E-state index contributed by atoms with van der Waals surface area (Å²) < 4.78 is 0.